The number of nitrogens with one attached hydrogen (secondary N) is 1. The molecule has 1 saturated heterocycles. The average molecular weight is 224 g/mol. The minimum atomic E-state index is -0.579. The molecule has 1 spiro atoms. The van der Waals surface area contributed by atoms with Crippen LogP contribution >= 0.6 is 0 Å². The molecule has 1 heterocycles. The largest absolute Gasteiger partial charge is 0.325 e. The normalized spacial score (nSPS) is 34.6. The first-order chi connectivity index (χ1) is 7.62. The highest BCUT2D eigenvalue weighted by molar-refractivity contribution is 6.07. The Balaban J connectivity index is 2.23. The van der Waals surface area contributed by atoms with E-state index >= 15 is 0 Å². The van der Waals surface area contributed by atoms with Crippen LogP contribution in [0.1, 0.15) is 46.0 Å². The van der Waals surface area contributed by atoms with Crippen molar-refractivity contribution in [2.75, 3.05) is 6.54 Å². The lowest BCUT2D eigenvalue weighted by atomic mass is 9.73. The summed E-state index contributed by atoms with van der Waals surface area (Å²) in [4.78, 5) is 25.5. The molecule has 2 atom stereocenters. The first-order valence-corrected chi connectivity index (χ1v) is 6.26. The van der Waals surface area contributed by atoms with E-state index in [1.165, 1.54) is 11.3 Å². The number of imide groups is 1. The maximum Gasteiger partial charge on any atom is 0.325 e. The highest BCUT2D eigenvalue weighted by Gasteiger charge is 2.54. The molecule has 3 amide bonds. The number of amides is 3. The van der Waals surface area contributed by atoms with E-state index in [-0.39, 0.29) is 17.9 Å². The second kappa shape index (κ2) is 4.07. The summed E-state index contributed by atoms with van der Waals surface area (Å²) in [6.07, 6.45) is 4.87. The Morgan fingerprint density at radius 2 is 2.19 bits per heavy atom. The van der Waals surface area contributed by atoms with Crippen molar-refractivity contribution < 1.29 is 9.59 Å². The SMILES string of the molecule is CCCN1C(=O)N[C@]2(CCCC[C@H]2C)C1=O. The lowest BCUT2D eigenvalue weighted by molar-refractivity contribution is -0.134. The van der Waals surface area contributed by atoms with Crippen LogP contribution in [0, 0.1) is 5.92 Å². The van der Waals surface area contributed by atoms with E-state index in [4.69, 9.17) is 0 Å². The zero-order valence-electron chi connectivity index (χ0n) is 10.1. The fourth-order valence-electron chi connectivity index (χ4n) is 2.92. The van der Waals surface area contributed by atoms with Gasteiger partial charge in [0.25, 0.3) is 5.91 Å². The van der Waals surface area contributed by atoms with E-state index < -0.39 is 5.54 Å². The molecule has 2 fully saturated rings. The van der Waals surface area contributed by atoms with E-state index in [0.29, 0.717) is 6.54 Å². The number of urea groups is 1. The topological polar surface area (TPSA) is 49.4 Å². The highest BCUT2D eigenvalue weighted by atomic mass is 16.2. The van der Waals surface area contributed by atoms with Crippen LogP contribution < -0.4 is 5.32 Å². The lowest BCUT2D eigenvalue weighted by Gasteiger charge is -2.36. The Hall–Kier alpha value is -1.06. The quantitative estimate of drug-likeness (QED) is 0.728. The van der Waals surface area contributed by atoms with Crippen LogP contribution in [0.3, 0.4) is 0 Å². The number of carbonyl (C=O) groups excluding carboxylic acids is 2. The van der Waals surface area contributed by atoms with Gasteiger partial charge >= 0.3 is 6.03 Å². The summed E-state index contributed by atoms with van der Waals surface area (Å²) >= 11 is 0. The summed E-state index contributed by atoms with van der Waals surface area (Å²) < 4.78 is 0. The molecule has 0 aromatic rings. The molecule has 0 radical (unpaired) electrons. The van der Waals surface area contributed by atoms with Gasteiger partial charge in [-0.1, -0.05) is 26.7 Å². The van der Waals surface area contributed by atoms with Crippen LogP contribution in [0.5, 0.6) is 0 Å². The molecule has 90 valence electrons. The number of nitrogens with zero attached hydrogens (tertiary/aromatic N) is 1. The van der Waals surface area contributed by atoms with Gasteiger partial charge in [0.05, 0.1) is 0 Å². The van der Waals surface area contributed by atoms with Gasteiger partial charge in [0.1, 0.15) is 5.54 Å². The molecule has 0 aromatic carbocycles. The summed E-state index contributed by atoms with van der Waals surface area (Å²) in [7, 11) is 0. The summed E-state index contributed by atoms with van der Waals surface area (Å²) in [5.74, 6) is 0.270. The molecular formula is C12H20N2O2. The molecule has 16 heavy (non-hydrogen) atoms. The number of hydrogen-bond donors (Lipinski definition) is 1. The molecule has 1 saturated carbocycles. The van der Waals surface area contributed by atoms with E-state index in [1.54, 1.807) is 0 Å². The van der Waals surface area contributed by atoms with Crippen LogP contribution in [0.25, 0.3) is 0 Å². The minimum absolute atomic E-state index is 0.00606. The van der Waals surface area contributed by atoms with Crippen LogP contribution in [-0.4, -0.2) is 28.9 Å². The first kappa shape index (κ1) is 11.4. The third-order valence-electron chi connectivity index (χ3n) is 3.95. The summed E-state index contributed by atoms with van der Waals surface area (Å²) in [6.45, 7) is 4.60. The maximum atomic E-state index is 12.3. The fraction of sp³-hybridized carbons (Fsp3) is 0.833. The monoisotopic (exact) mass is 224 g/mol. The Morgan fingerprint density at radius 1 is 1.44 bits per heavy atom. The number of hydrogen-bond acceptors (Lipinski definition) is 2. The lowest BCUT2D eigenvalue weighted by Crippen LogP contribution is -2.53. The van der Waals surface area contributed by atoms with Crippen molar-refractivity contribution >= 4 is 11.9 Å². The van der Waals surface area contributed by atoms with Gasteiger partial charge in [0, 0.05) is 6.54 Å². The van der Waals surface area contributed by atoms with Gasteiger partial charge in [0.2, 0.25) is 0 Å². The van der Waals surface area contributed by atoms with Gasteiger partial charge in [0.15, 0.2) is 0 Å². The first-order valence-electron chi connectivity index (χ1n) is 6.26. The van der Waals surface area contributed by atoms with Gasteiger partial charge < -0.3 is 5.32 Å². The van der Waals surface area contributed by atoms with Crippen molar-refractivity contribution in [3.63, 3.8) is 0 Å². The summed E-state index contributed by atoms with van der Waals surface area (Å²) in [6, 6.07) is -0.194. The van der Waals surface area contributed by atoms with Gasteiger partial charge in [-0.15, -0.1) is 0 Å². The van der Waals surface area contributed by atoms with Crippen LogP contribution in [0.2, 0.25) is 0 Å². The minimum Gasteiger partial charge on any atom is -0.323 e. The van der Waals surface area contributed by atoms with Crippen molar-refractivity contribution in [1.29, 1.82) is 0 Å². The summed E-state index contributed by atoms with van der Waals surface area (Å²) in [5.41, 5.74) is -0.579. The zero-order valence-corrected chi connectivity index (χ0v) is 10.1. The molecule has 0 bridgehead atoms. The molecule has 1 aliphatic heterocycles. The van der Waals surface area contributed by atoms with Gasteiger partial charge in [-0.25, -0.2) is 4.79 Å². The molecule has 2 aliphatic rings. The second-order valence-corrected chi connectivity index (χ2v) is 5.01. The van der Waals surface area contributed by atoms with Gasteiger partial charge in [-0.05, 0) is 25.2 Å². The molecular weight excluding hydrogens is 204 g/mol. The molecule has 1 aliphatic carbocycles. The molecule has 0 aromatic heterocycles. The molecule has 4 heteroatoms. The van der Waals surface area contributed by atoms with Crippen molar-refractivity contribution in [3.05, 3.63) is 0 Å². The number of rotatable bonds is 2. The Labute approximate surface area is 96.4 Å². The van der Waals surface area contributed by atoms with E-state index in [0.717, 1.165) is 25.7 Å². The number of carbonyl (C=O) groups is 2. The molecule has 1 N–H and O–H groups in total. The van der Waals surface area contributed by atoms with Crippen molar-refractivity contribution in [1.82, 2.24) is 10.2 Å². The second-order valence-electron chi connectivity index (χ2n) is 5.01. The fourth-order valence-corrected chi connectivity index (χ4v) is 2.92. The average Bonchev–Trinajstić information content (AvgIpc) is 2.49. The van der Waals surface area contributed by atoms with Crippen molar-refractivity contribution in [2.24, 2.45) is 5.92 Å². The third kappa shape index (κ3) is 1.51. The van der Waals surface area contributed by atoms with Crippen LogP contribution in [-0.2, 0) is 4.79 Å². The van der Waals surface area contributed by atoms with Crippen molar-refractivity contribution in [2.45, 2.75) is 51.5 Å². The molecule has 0 unspecified atom stereocenters. The van der Waals surface area contributed by atoms with Gasteiger partial charge in [-0.2, -0.15) is 0 Å². The molecule has 4 nitrogen and oxygen atoms in total. The highest BCUT2D eigenvalue weighted by Crippen LogP contribution is 2.38. The predicted octanol–water partition coefficient (Wildman–Crippen LogP) is 1.90. The van der Waals surface area contributed by atoms with Crippen LogP contribution in [0.4, 0.5) is 4.79 Å². The zero-order chi connectivity index (χ0) is 11.8. The third-order valence-corrected chi connectivity index (χ3v) is 3.95. The van der Waals surface area contributed by atoms with E-state index in [9.17, 15) is 9.59 Å². The smallest absolute Gasteiger partial charge is 0.323 e. The Bertz CT molecular complexity index is 316. The van der Waals surface area contributed by atoms with Crippen molar-refractivity contribution in [3.8, 4) is 0 Å². The Kier molecular flexibility index (Phi) is 2.91. The van der Waals surface area contributed by atoms with E-state index in [2.05, 4.69) is 12.2 Å². The maximum absolute atomic E-state index is 12.3. The Morgan fingerprint density at radius 3 is 2.81 bits per heavy atom. The predicted molar refractivity (Wildman–Crippen MR) is 60.9 cm³/mol. The summed E-state index contributed by atoms with van der Waals surface area (Å²) in [5, 5.41) is 2.94. The standard InChI is InChI=1S/C12H20N2O2/c1-3-8-14-10(15)12(13-11(14)16)7-5-4-6-9(12)2/h9H,3-8H2,1-2H3,(H,13,16)/t9-,12+/m1/s1. The van der Waals surface area contributed by atoms with Gasteiger partial charge in [-0.3, -0.25) is 9.69 Å². The molecule has 2 rings (SSSR count). The van der Waals surface area contributed by atoms with Crippen LogP contribution in [0.15, 0.2) is 0 Å². The van der Waals surface area contributed by atoms with E-state index in [1.807, 2.05) is 6.92 Å².